The molecule has 1 unspecified atom stereocenters. The molecule has 1 saturated heterocycles. The van der Waals surface area contributed by atoms with Gasteiger partial charge < -0.3 is 10.0 Å². The molecule has 1 aliphatic carbocycles. The number of carboxylic acids is 1. The predicted octanol–water partition coefficient (Wildman–Crippen LogP) is 3.93. The molecule has 1 aliphatic heterocycles. The Balaban J connectivity index is 1.49. The topological polar surface area (TPSA) is 57.6 Å². The molecular formula is C19H18BrNO3. The highest BCUT2D eigenvalue weighted by molar-refractivity contribution is 9.10. The summed E-state index contributed by atoms with van der Waals surface area (Å²) in [5, 5.41) is 11.3. The van der Waals surface area contributed by atoms with Crippen LogP contribution in [0, 0.1) is 11.3 Å². The number of nitrogens with zero attached hydrogens (tertiary/aromatic N) is 1. The third-order valence-corrected chi connectivity index (χ3v) is 6.08. The summed E-state index contributed by atoms with van der Waals surface area (Å²) in [4.78, 5) is 25.8. The minimum absolute atomic E-state index is 0.0434. The molecule has 0 bridgehead atoms. The summed E-state index contributed by atoms with van der Waals surface area (Å²) >= 11 is 3.46. The maximum absolute atomic E-state index is 12.8. The van der Waals surface area contributed by atoms with Crippen LogP contribution in [0.5, 0.6) is 0 Å². The lowest BCUT2D eigenvalue weighted by Crippen LogP contribution is -2.40. The van der Waals surface area contributed by atoms with Crippen LogP contribution in [0.4, 0.5) is 0 Å². The van der Waals surface area contributed by atoms with Crippen molar-refractivity contribution in [3.05, 3.63) is 46.4 Å². The summed E-state index contributed by atoms with van der Waals surface area (Å²) in [6, 6.07) is 11.8. The van der Waals surface area contributed by atoms with Gasteiger partial charge in [-0.2, -0.15) is 0 Å². The first kappa shape index (κ1) is 15.6. The molecular weight excluding hydrogens is 370 g/mol. The van der Waals surface area contributed by atoms with Gasteiger partial charge in [0.05, 0.1) is 5.92 Å². The van der Waals surface area contributed by atoms with E-state index >= 15 is 0 Å². The van der Waals surface area contributed by atoms with Crippen molar-refractivity contribution in [1.29, 1.82) is 0 Å². The van der Waals surface area contributed by atoms with Crippen LogP contribution in [-0.2, 0) is 4.79 Å². The molecule has 2 fully saturated rings. The Morgan fingerprint density at radius 2 is 1.75 bits per heavy atom. The van der Waals surface area contributed by atoms with E-state index in [4.69, 9.17) is 5.11 Å². The van der Waals surface area contributed by atoms with E-state index in [1.54, 1.807) is 0 Å². The van der Waals surface area contributed by atoms with Crippen LogP contribution in [-0.4, -0.2) is 35.0 Å². The third kappa shape index (κ3) is 2.61. The molecule has 1 heterocycles. The van der Waals surface area contributed by atoms with Crippen molar-refractivity contribution in [1.82, 2.24) is 4.90 Å². The third-order valence-electron chi connectivity index (χ3n) is 5.58. The van der Waals surface area contributed by atoms with Gasteiger partial charge in [-0.1, -0.05) is 28.1 Å². The van der Waals surface area contributed by atoms with Crippen molar-refractivity contribution in [3.63, 3.8) is 0 Å². The monoisotopic (exact) mass is 387 g/mol. The van der Waals surface area contributed by atoms with Crippen molar-refractivity contribution < 1.29 is 14.7 Å². The quantitative estimate of drug-likeness (QED) is 0.848. The molecule has 2 aromatic carbocycles. The van der Waals surface area contributed by atoms with Gasteiger partial charge in [-0.25, -0.2) is 0 Å². The van der Waals surface area contributed by atoms with Crippen molar-refractivity contribution >= 4 is 38.6 Å². The fourth-order valence-corrected chi connectivity index (χ4v) is 4.32. The minimum atomic E-state index is -0.685. The molecule has 1 N–H and O–H groups in total. The molecule has 124 valence electrons. The SMILES string of the molecule is O=C(O)C1CC12CCN(C(=O)c1ccc3cc(Br)ccc3c1)CC2. The van der Waals surface area contributed by atoms with Gasteiger partial charge in [0.15, 0.2) is 0 Å². The molecule has 1 amide bonds. The molecule has 0 radical (unpaired) electrons. The number of rotatable bonds is 2. The lowest BCUT2D eigenvalue weighted by molar-refractivity contribution is -0.139. The number of hydrogen-bond donors (Lipinski definition) is 1. The fraction of sp³-hybridized carbons (Fsp3) is 0.368. The number of halogens is 1. The number of fused-ring (bicyclic) bond motifs is 1. The van der Waals surface area contributed by atoms with E-state index in [2.05, 4.69) is 15.9 Å². The van der Waals surface area contributed by atoms with E-state index in [0.29, 0.717) is 18.7 Å². The Bertz CT molecular complexity index is 840. The van der Waals surface area contributed by atoms with E-state index in [1.807, 2.05) is 41.3 Å². The first-order valence-corrected chi connectivity index (χ1v) is 8.99. The Morgan fingerprint density at radius 3 is 2.42 bits per heavy atom. The zero-order chi connectivity index (χ0) is 16.9. The van der Waals surface area contributed by atoms with Crippen molar-refractivity contribution in [2.75, 3.05) is 13.1 Å². The van der Waals surface area contributed by atoms with Gasteiger partial charge in [-0.15, -0.1) is 0 Å². The first-order chi connectivity index (χ1) is 11.5. The Morgan fingerprint density at radius 1 is 1.08 bits per heavy atom. The molecule has 1 saturated carbocycles. The second-order valence-electron chi connectivity index (χ2n) is 6.96. The first-order valence-electron chi connectivity index (χ1n) is 8.20. The van der Waals surface area contributed by atoms with Crippen LogP contribution in [0.3, 0.4) is 0 Å². The van der Waals surface area contributed by atoms with Gasteiger partial charge in [0.2, 0.25) is 0 Å². The summed E-state index contributed by atoms with van der Waals surface area (Å²) in [5.74, 6) is -0.841. The van der Waals surface area contributed by atoms with Crippen LogP contribution >= 0.6 is 15.9 Å². The number of piperidine rings is 1. The number of hydrogen-bond acceptors (Lipinski definition) is 2. The van der Waals surface area contributed by atoms with Gasteiger partial charge in [-0.05, 0) is 59.7 Å². The lowest BCUT2D eigenvalue weighted by atomic mass is 9.90. The summed E-state index contributed by atoms with van der Waals surface area (Å²) < 4.78 is 1.02. The Labute approximate surface area is 148 Å². The largest absolute Gasteiger partial charge is 0.481 e. The smallest absolute Gasteiger partial charge is 0.307 e. The number of aliphatic carboxylic acids is 1. The average molecular weight is 388 g/mol. The van der Waals surface area contributed by atoms with Gasteiger partial charge in [0.1, 0.15) is 0 Å². The van der Waals surface area contributed by atoms with Gasteiger partial charge in [0.25, 0.3) is 5.91 Å². The molecule has 0 aromatic heterocycles. The fourth-order valence-electron chi connectivity index (χ4n) is 3.94. The zero-order valence-electron chi connectivity index (χ0n) is 13.2. The van der Waals surface area contributed by atoms with Crippen molar-refractivity contribution in [2.24, 2.45) is 11.3 Å². The molecule has 2 aliphatic rings. The minimum Gasteiger partial charge on any atom is -0.481 e. The second-order valence-corrected chi connectivity index (χ2v) is 7.87. The van der Waals surface area contributed by atoms with Crippen LogP contribution in [0.15, 0.2) is 40.9 Å². The number of carbonyl (C=O) groups is 2. The normalized spacial score (nSPS) is 21.9. The van der Waals surface area contributed by atoms with Crippen LogP contribution in [0.1, 0.15) is 29.6 Å². The lowest BCUT2D eigenvalue weighted by Gasteiger charge is -2.32. The highest BCUT2D eigenvalue weighted by atomic mass is 79.9. The summed E-state index contributed by atoms with van der Waals surface area (Å²) in [6.07, 6.45) is 2.38. The number of likely N-dealkylation sites (tertiary alicyclic amines) is 1. The number of benzene rings is 2. The highest BCUT2D eigenvalue weighted by Gasteiger charge is 2.59. The van der Waals surface area contributed by atoms with Crippen molar-refractivity contribution in [2.45, 2.75) is 19.3 Å². The van der Waals surface area contributed by atoms with E-state index in [0.717, 1.165) is 34.5 Å². The summed E-state index contributed by atoms with van der Waals surface area (Å²) in [7, 11) is 0. The van der Waals surface area contributed by atoms with E-state index in [1.165, 1.54) is 0 Å². The van der Waals surface area contributed by atoms with Crippen molar-refractivity contribution in [3.8, 4) is 0 Å². The Kier molecular flexibility index (Phi) is 3.64. The van der Waals surface area contributed by atoms with E-state index < -0.39 is 5.97 Å². The highest BCUT2D eigenvalue weighted by Crippen LogP contribution is 2.59. The summed E-state index contributed by atoms with van der Waals surface area (Å²) in [6.45, 7) is 1.31. The number of carbonyl (C=O) groups excluding carboxylic acids is 1. The molecule has 5 heteroatoms. The van der Waals surface area contributed by atoms with Gasteiger partial charge in [-0.3, -0.25) is 9.59 Å². The zero-order valence-corrected chi connectivity index (χ0v) is 14.8. The molecule has 2 aromatic rings. The molecule has 1 atom stereocenters. The molecule has 4 nitrogen and oxygen atoms in total. The maximum Gasteiger partial charge on any atom is 0.307 e. The van der Waals surface area contributed by atoms with Gasteiger partial charge >= 0.3 is 5.97 Å². The van der Waals surface area contributed by atoms with Crippen LogP contribution < -0.4 is 0 Å². The number of amides is 1. The second kappa shape index (κ2) is 5.59. The molecule has 4 rings (SSSR count). The molecule has 1 spiro atoms. The Hall–Kier alpha value is -1.88. The van der Waals surface area contributed by atoms with Crippen LogP contribution in [0.2, 0.25) is 0 Å². The molecule has 24 heavy (non-hydrogen) atoms. The van der Waals surface area contributed by atoms with E-state index in [-0.39, 0.29) is 17.2 Å². The maximum atomic E-state index is 12.8. The number of carboxylic acid groups (broad SMARTS) is 1. The summed E-state index contributed by atoms with van der Waals surface area (Å²) in [5.41, 5.74) is 0.657. The van der Waals surface area contributed by atoms with Crippen LogP contribution in [0.25, 0.3) is 10.8 Å². The van der Waals surface area contributed by atoms with Gasteiger partial charge in [0, 0.05) is 23.1 Å². The standard InChI is InChI=1S/C19H18BrNO3/c20-15-4-3-12-9-14(2-1-13(12)10-15)17(22)21-7-5-19(6-8-21)11-16(19)18(23)24/h1-4,9-10,16H,5-8,11H2,(H,23,24). The average Bonchev–Trinajstić information content (AvgIpc) is 3.28. The van der Waals surface area contributed by atoms with E-state index in [9.17, 15) is 9.59 Å². The predicted molar refractivity (Wildman–Crippen MR) is 95.0 cm³/mol.